The van der Waals surface area contributed by atoms with Gasteiger partial charge in [0.25, 0.3) is 0 Å². The second kappa shape index (κ2) is 8.13. The number of hydroxylamine groups is 4. The molecule has 3 heteroatoms. The van der Waals surface area contributed by atoms with E-state index in [0.717, 1.165) is 25.9 Å². The van der Waals surface area contributed by atoms with Gasteiger partial charge in [-0.25, -0.2) is 4.94 Å². The van der Waals surface area contributed by atoms with E-state index in [9.17, 15) is 0 Å². The number of nitrogens with zero attached hydrogens (tertiary/aromatic N) is 2. The van der Waals surface area contributed by atoms with Crippen molar-refractivity contribution in [3.05, 3.63) is 71.8 Å². The van der Waals surface area contributed by atoms with Crippen molar-refractivity contribution in [1.82, 2.24) is 10.1 Å². The molecule has 0 N–H and O–H groups in total. The molecule has 0 aromatic heterocycles. The molecule has 0 saturated carbocycles. The van der Waals surface area contributed by atoms with Crippen molar-refractivity contribution in [3.63, 3.8) is 0 Å². The molecule has 0 radical (unpaired) electrons. The zero-order valence-electron chi connectivity index (χ0n) is 14.9. The summed E-state index contributed by atoms with van der Waals surface area (Å²) in [4.78, 5) is 6.41. The van der Waals surface area contributed by atoms with Gasteiger partial charge in [0.1, 0.15) is 0 Å². The van der Waals surface area contributed by atoms with Gasteiger partial charge in [-0.2, -0.15) is 10.1 Å². The quantitative estimate of drug-likeness (QED) is 0.784. The first kappa shape index (κ1) is 16.8. The van der Waals surface area contributed by atoms with Gasteiger partial charge in [-0.1, -0.05) is 60.7 Å². The summed E-state index contributed by atoms with van der Waals surface area (Å²) in [5.41, 5.74) is 2.82. The molecule has 2 atom stereocenters. The van der Waals surface area contributed by atoms with E-state index in [-0.39, 0.29) is 0 Å². The molecule has 0 amide bonds. The predicted octanol–water partition coefficient (Wildman–Crippen LogP) is 4.25. The van der Waals surface area contributed by atoms with Crippen molar-refractivity contribution < 1.29 is 4.94 Å². The third kappa shape index (κ3) is 4.30. The lowest BCUT2D eigenvalue weighted by Crippen LogP contribution is -2.42. The SMILES string of the molecule is c1ccc(C[C@H]2CCCN2ON2CCC[C@@H]2Cc2ccccc2)cc1. The lowest BCUT2D eigenvalue weighted by atomic mass is 10.0. The van der Waals surface area contributed by atoms with Crippen LogP contribution in [0.1, 0.15) is 36.8 Å². The third-order valence-electron chi connectivity index (χ3n) is 5.48. The van der Waals surface area contributed by atoms with Gasteiger partial charge in [-0.05, 0) is 49.7 Å². The average Bonchev–Trinajstić information content (AvgIpc) is 3.27. The third-order valence-corrected chi connectivity index (χ3v) is 5.48. The van der Waals surface area contributed by atoms with E-state index < -0.39 is 0 Å². The smallest absolute Gasteiger partial charge is 0.0412 e. The van der Waals surface area contributed by atoms with E-state index in [4.69, 9.17) is 4.94 Å². The molecule has 0 spiro atoms. The van der Waals surface area contributed by atoms with Crippen LogP contribution in [0.3, 0.4) is 0 Å². The summed E-state index contributed by atoms with van der Waals surface area (Å²) in [5, 5.41) is 4.49. The minimum atomic E-state index is 0.500. The predicted molar refractivity (Wildman–Crippen MR) is 101 cm³/mol. The van der Waals surface area contributed by atoms with Crippen LogP contribution in [0.15, 0.2) is 60.7 Å². The van der Waals surface area contributed by atoms with E-state index >= 15 is 0 Å². The van der Waals surface area contributed by atoms with E-state index in [1.54, 1.807) is 0 Å². The Bertz CT molecular complexity index is 588. The highest BCUT2D eigenvalue weighted by Crippen LogP contribution is 2.27. The summed E-state index contributed by atoms with van der Waals surface area (Å²) >= 11 is 0. The number of hydrogen-bond donors (Lipinski definition) is 0. The summed E-state index contributed by atoms with van der Waals surface area (Å²) in [5.74, 6) is 0. The average molecular weight is 336 g/mol. The zero-order valence-corrected chi connectivity index (χ0v) is 14.9. The van der Waals surface area contributed by atoms with Gasteiger partial charge in [0.2, 0.25) is 0 Å². The van der Waals surface area contributed by atoms with E-state index in [0.29, 0.717) is 12.1 Å². The lowest BCUT2D eigenvalue weighted by Gasteiger charge is -2.31. The molecule has 0 unspecified atom stereocenters. The van der Waals surface area contributed by atoms with Crippen LogP contribution in [0.2, 0.25) is 0 Å². The standard InChI is InChI=1S/C22H28N2O/c1-3-9-19(10-4-1)17-21-13-7-15-23(21)25-24-16-8-14-22(24)18-20-11-5-2-6-12-20/h1-6,9-12,21-22H,7-8,13-18H2/t21-,22-/m1/s1. The molecule has 25 heavy (non-hydrogen) atoms. The van der Waals surface area contributed by atoms with Crippen molar-refractivity contribution in [2.75, 3.05) is 13.1 Å². The Kier molecular flexibility index (Phi) is 5.46. The number of hydrogen-bond acceptors (Lipinski definition) is 3. The molecule has 2 aliphatic rings. The fourth-order valence-corrected chi connectivity index (χ4v) is 4.15. The molecule has 3 nitrogen and oxygen atoms in total. The number of benzene rings is 2. The monoisotopic (exact) mass is 336 g/mol. The van der Waals surface area contributed by atoms with Gasteiger partial charge in [-0.15, -0.1) is 0 Å². The van der Waals surface area contributed by atoms with Gasteiger partial charge in [0.05, 0.1) is 0 Å². The summed E-state index contributed by atoms with van der Waals surface area (Å²) in [6, 6.07) is 22.6. The molecular weight excluding hydrogens is 308 g/mol. The molecule has 2 saturated heterocycles. The lowest BCUT2D eigenvalue weighted by molar-refractivity contribution is -0.336. The molecule has 2 fully saturated rings. The topological polar surface area (TPSA) is 15.7 Å². The van der Waals surface area contributed by atoms with Crippen molar-refractivity contribution in [2.24, 2.45) is 0 Å². The van der Waals surface area contributed by atoms with Crippen LogP contribution in [0.4, 0.5) is 0 Å². The summed E-state index contributed by atoms with van der Waals surface area (Å²) in [7, 11) is 0. The minimum absolute atomic E-state index is 0.500. The maximum atomic E-state index is 6.41. The normalized spacial score (nSPS) is 24.8. The van der Waals surface area contributed by atoms with Crippen LogP contribution < -0.4 is 0 Å². The van der Waals surface area contributed by atoms with Crippen molar-refractivity contribution in [3.8, 4) is 0 Å². The molecule has 4 rings (SSSR count). The first-order valence-corrected chi connectivity index (χ1v) is 9.68. The number of rotatable bonds is 6. The Hall–Kier alpha value is -1.68. The second-order valence-electron chi connectivity index (χ2n) is 7.33. The van der Waals surface area contributed by atoms with Crippen LogP contribution >= 0.6 is 0 Å². The van der Waals surface area contributed by atoms with Gasteiger partial charge >= 0.3 is 0 Å². The first-order valence-electron chi connectivity index (χ1n) is 9.68. The fraction of sp³-hybridized carbons (Fsp3) is 0.455. The van der Waals surface area contributed by atoms with Gasteiger partial charge < -0.3 is 0 Å². The Balaban J connectivity index is 1.36. The summed E-state index contributed by atoms with van der Waals surface area (Å²) in [6.45, 7) is 2.10. The van der Waals surface area contributed by atoms with E-state index in [2.05, 4.69) is 70.8 Å². The van der Waals surface area contributed by atoms with Crippen LogP contribution in [0.5, 0.6) is 0 Å². The second-order valence-corrected chi connectivity index (χ2v) is 7.33. The van der Waals surface area contributed by atoms with Crippen molar-refractivity contribution in [2.45, 2.75) is 50.6 Å². The van der Waals surface area contributed by atoms with Crippen LogP contribution in [-0.2, 0) is 17.8 Å². The Morgan fingerprint density at radius 3 is 1.56 bits per heavy atom. The molecule has 0 aliphatic carbocycles. The summed E-state index contributed by atoms with van der Waals surface area (Å²) in [6.07, 6.45) is 7.08. The van der Waals surface area contributed by atoms with Gasteiger partial charge in [0, 0.05) is 25.2 Å². The highest BCUT2D eigenvalue weighted by atomic mass is 16.8. The van der Waals surface area contributed by atoms with Gasteiger partial charge in [0.15, 0.2) is 0 Å². The minimum Gasteiger partial charge on any atom is -0.208 e. The molecule has 2 aromatic carbocycles. The fourth-order valence-electron chi connectivity index (χ4n) is 4.15. The largest absolute Gasteiger partial charge is 0.208 e. The molecule has 2 heterocycles. The Morgan fingerprint density at radius 1 is 0.680 bits per heavy atom. The van der Waals surface area contributed by atoms with Crippen molar-refractivity contribution in [1.29, 1.82) is 0 Å². The van der Waals surface area contributed by atoms with Crippen molar-refractivity contribution >= 4 is 0 Å². The Labute approximate surface area is 151 Å². The molecule has 0 bridgehead atoms. The summed E-state index contributed by atoms with van der Waals surface area (Å²) < 4.78 is 0. The van der Waals surface area contributed by atoms with Crippen LogP contribution in [0, 0.1) is 0 Å². The maximum absolute atomic E-state index is 6.41. The molecule has 2 aromatic rings. The van der Waals surface area contributed by atoms with Crippen LogP contribution in [0.25, 0.3) is 0 Å². The highest BCUT2D eigenvalue weighted by molar-refractivity contribution is 5.17. The van der Waals surface area contributed by atoms with Crippen LogP contribution in [-0.4, -0.2) is 35.3 Å². The molecule has 2 aliphatic heterocycles. The first-order chi connectivity index (χ1) is 12.4. The van der Waals surface area contributed by atoms with Gasteiger partial charge in [-0.3, -0.25) is 0 Å². The van der Waals surface area contributed by atoms with E-state index in [1.165, 1.54) is 36.8 Å². The van der Waals surface area contributed by atoms with E-state index in [1.807, 2.05) is 0 Å². The Morgan fingerprint density at radius 2 is 1.12 bits per heavy atom. The highest BCUT2D eigenvalue weighted by Gasteiger charge is 2.32. The molecule has 132 valence electrons. The maximum Gasteiger partial charge on any atom is 0.0412 e. The zero-order chi connectivity index (χ0) is 16.9. The molecular formula is C22H28N2O.